The SMILES string of the molecule is O=C(NC1CC1)C1CN(c2ncccc2F)CCO1. The zero-order chi connectivity index (χ0) is 13.2. The number of rotatable bonds is 3. The van der Waals surface area contributed by atoms with Gasteiger partial charge in [-0.15, -0.1) is 0 Å². The summed E-state index contributed by atoms with van der Waals surface area (Å²) in [4.78, 5) is 17.7. The molecular formula is C13H16FN3O2. The number of nitrogens with zero attached hydrogens (tertiary/aromatic N) is 2. The number of amides is 1. The highest BCUT2D eigenvalue weighted by molar-refractivity contribution is 5.82. The van der Waals surface area contributed by atoms with Gasteiger partial charge in [-0.3, -0.25) is 4.79 Å². The quantitative estimate of drug-likeness (QED) is 0.874. The van der Waals surface area contributed by atoms with E-state index in [2.05, 4.69) is 10.3 Å². The first-order valence-corrected chi connectivity index (χ1v) is 6.51. The molecule has 1 saturated heterocycles. The van der Waals surface area contributed by atoms with Crippen LogP contribution in [0.25, 0.3) is 0 Å². The van der Waals surface area contributed by atoms with Gasteiger partial charge in [-0.25, -0.2) is 9.37 Å². The Balaban J connectivity index is 1.67. The molecule has 1 saturated carbocycles. The number of ether oxygens (including phenoxy) is 1. The molecule has 3 rings (SSSR count). The third kappa shape index (κ3) is 2.84. The Morgan fingerprint density at radius 3 is 3.11 bits per heavy atom. The van der Waals surface area contributed by atoms with Crippen molar-refractivity contribution in [2.45, 2.75) is 25.0 Å². The van der Waals surface area contributed by atoms with E-state index in [1.165, 1.54) is 6.07 Å². The van der Waals surface area contributed by atoms with Gasteiger partial charge in [0.2, 0.25) is 0 Å². The number of morpholine rings is 1. The standard InChI is InChI=1S/C13H16FN3O2/c14-10-2-1-5-15-12(10)17-6-7-19-11(8-17)13(18)16-9-3-4-9/h1-2,5,9,11H,3-4,6-8H2,(H,16,18). The molecule has 102 valence electrons. The molecule has 1 aliphatic heterocycles. The van der Waals surface area contributed by atoms with E-state index < -0.39 is 6.10 Å². The first kappa shape index (κ1) is 12.3. The molecule has 19 heavy (non-hydrogen) atoms. The van der Waals surface area contributed by atoms with E-state index in [-0.39, 0.29) is 17.5 Å². The molecule has 0 bridgehead atoms. The van der Waals surface area contributed by atoms with Gasteiger partial charge in [0, 0.05) is 18.8 Å². The van der Waals surface area contributed by atoms with E-state index in [0.29, 0.717) is 25.7 Å². The van der Waals surface area contributed by atoms with Crippen molar-refractivity contribution in [3.8, 4) is 0 Å². The zero-order valence-corrected chi connectivity index (χ0v) is 10.5. The van der Waals surface area contributed by atoms with Crippen LogP contribution in [0.2, 0.25) is 0 Å². The van der Waals surface area contributed by atoms with E-state index in [1.54, 1.807) is 17.2 Å². The Hall–Kier alpha value is -1.69. The van der Waals surface area contributed by atoms with Crippen molar-refractivity contribution < 1.29 is 13.9 Å². The van der Waals surface area contributed by atoms with E-state index in [1.807, 2.05) is 0 Å². The zero-order valence-electron chi connectivity index (χ0n) is 10.5. The fourth-order valence-electron chi connectivity index (χ4n) is 2.13. The number of hydrogen-bond acceptors (Lipinski definition) is 4. The van der Waals surface area contributed by atoms with Gasteiger partial charge in [0.25, 0.3) is 5.91 Å². The second-order valence-corrected chi connectivity index (χ2v) is 4.90. The van der Waals surface area contributed by atoms with Crippen LogP contribution < -0.4 is 10.2 Å². The number of nitrogens with one attached hydrogen (secondary N) is 1. The largest absolute Gasteiger partial charge is 0.365 e. The summed E-state index contributed by atoms with van der Waals surface area (Å²) in [6.45, 7) is 1.28. The van der Waals surface area contributed by atoms with Crippen LogP contribution >= 0.6 is 0 Å². The van der Waals surface area contributed by atoms with Gasteiger partial charge in [-0.1, -0.05) is 0 Å². The second-order valence-electron chi connectivity index (χ2n) is 4.90. The molecule has 1 aromatic heterocycles. The number of hydrogen-bond donors (Lipinski definition) is 1. The number of pyridine rings is 1. The number of anilines is 1. The van der Waals surface area contributed by atoms with Crippen LogP contribution in [0.5, 0.6) is 0 Å². The molecule has 0 aromatic carbocycles. The number of carbonyl (C=O) groups excluding carboxylic acids is 1. The van der Waals surface area contributed by atoms with Gasteiger partial charge in [0.05, 0.1) is 13.2 Å². The van der Waals surface area contributed by atoms with Gasteiger partial charge in [-0.05, 0) is 25.0 Å². The van der Waals surface area contributed by atoms with Crippen molar-refractivity contribution >= 4 is 11.7 Å². The Morgan fingerprint density at radius 1 is 1.53 bits per heavy atom. The summed E-state index contributed by atoms with van der Waals surface area (Å²) < 4.78 is 19.1. The van der Waals surface area contributed by atoms with E-state index in [4.69, 9.17) is 4.74 Å². The lowest BCUT2D eigenvalue weighted by Crippen LogP contribution is -2.50. The lowest BCUT2D eigenvalue weighted by molar-refractivity contribution is -0.133. The van der Waals surface area contributed by atoms with Gasteiger partial charge in [0.1, 0.15) is 0 Å². The molecule has 1 unspecified atom stereocenters. The van der Waals surface area contributed by atoms with E-state index in [0.717, 1.165) is 12.8 Å². The summed E-state index contributed by atoms with van der Waals surface area (Å²) in [6.07, 6.45) is 3.08. The number of halogens is 1. The van der Waals surface area contributed by atoms with Gasteiger partial charge in [-0.2, -0.15) is 0 Å². The van der Waals surface area contributed by atoms with Crippen molar-refractivity contribution in [3.63, 3.8) is 0 Å². The highest BCUT2D eigenvalue weighted by Crippen LogP contribution is 2.21. The van der Waals surface area contributed by atoms with Crippen molar-refractivity contribution in [1.29, 1.82) is 0 Å². The maximum absolute atomic E-state index is 13.7. The predicted octanol–water partition coefficient (Wildman–Crippen LogP) is 0.704. The summed E-state index contributed by atoms with van der Waals surface area (Å²) in [7, 11) is 0. The first-order valence-electron chi connectivity index (χ1n) is 6.51. The molecule has 0 spiro atoms. The molecule has 6 heteroatoms. The van der Waals surface area contributed by atoms with Crippen molar-refractivity contribution in [3.05, 3.63) is 24.1 Å². The molecule has 1 aromatic rings. The van der Waals surface area contributed by atoms with Crippen LogP contribution in [-0.2, 0) is 9.53 Å². The number of aromatic nitrogens is 1. The van der Waals surface area contributed by atoms with Gasteiger partial charge in [0.15, 0.2) is 17.7 Å². The molecule has 1 atom stereocenters. The average Bonchev–Trinajstić information content (AvgIpc) is 3.23. The Labute approximate surface area is 110 Å². The summed E-state index contributed by atoms with van der Waals surface area (Å²) in [6, 6.07) is 3.23. The summed E-state index contributed by atoms with van der Waals surface area (Å²) in [5, 5.41) is 2.91. The Morgan fingerprint density at radius 2 is 2.37 bits per heavy atom. The molecular weight excluding hydrogens is 249 g/mol. The molecule has 1 N–H and O–H groups in total. The molecule has 1 amide bonds. The van der Waals surface area contributed by atoms with Gasteiger partial charge >= 0.3 is 0 Å². The van der Waals surface area contributed by atoms with E-state index >= 15 is 0 Å². The summed E-state index contributed by atoms with van der Waals surface area (Å²) in [5.41, 5.74) is 0. The normalized spacial score (nSPS) is 23.2. The van der Waals surface area contributed by atoms with Crippen LogP contribution in [0, 0.1) is 5.82 Å². The lowest BCUT2D eigenvalue weighted by atomic mass is 10.2. The maximum Gasteiger partial charge on any atom is 0.251 e. The number of carbonyl (C=O) groups is 1. The van der Waals surface area contributed by atoms with Gasteiger partial charge < -0.3 is 15.0 Å². The molecule has 2 aliphatic rings. The third-order valence-corrected chi connectivity index (χ3v) is 3.32. The summed E-state index contributed by atoms with van der Waals surface area (Å²) >= 11 is 0. The minimum absolute atomic E-state index is 0.108. The van der Waals surface area contributed by atoms with Crippen molar-refractivity contribution in [1.82, 2.24) is 10.3 Å². The Kier molecular flexibility index (Phi) is 3.33. The van der Waals surface area contributed by atoms with E-state index in [9.17, 15) is 9.18 Å². The minimum Gasteiger partial charge on any atom is -0.365 e. The first-order chi connectivity index (χ1) is 9.24. The van der Waals surface area contributed by atoms with Crippen LogP contribution in [0.1, 0.15) is 12.8 Å². The van der Waals surface area contributed by atoms with Crippen molar-refractivity contribution in [2.24, 2.45) is 0 Å². The molecule has 1 aliphatic carbocycles. The predicted molar refractivity (Wildman–Crippen MR) is 67.3 cm³/mol. The molecule has 0 radical (unpaired) electrons. The van der Waals surface area contributed by atoms with Crippen molar-refractivity contribution in [2.75, 3.05) is 24.6 Å². The van der Waals surface area contributed by atoms with Crippen LogP contribution in [-0.4, -0.2) is 42.7 Å². The smallest absolute Gasteiger partial charge is 0.251 e. The average molecular weight is 265 g/mol. The van der Waals surface area contributed by atoms with Crippen LogP contribution in [0.3, 0.4) is 0 Å². The molecule has 5 nitrogen and oxygen atoms in total. The molecule has 2 fully saturated rings. The lowest BCUT2D eigenvalue weighted by Gasteiger charge is -2.33. The summed E-state index contributed by atoms with van der Waals surface area (Å²) in [5.74, 6) is -0.190. The highest BCUT2D eigenvalue weighted by atomic mass is 19.1. The minimum atomic E-state index is -0.546. The fourth-order valence-corrected chi connectivity index (χ4v) is 2.13. The monoisotopic (exact) mass is 265 g/mol. The highest BCUT2D eigenvalue weighted by Gasteiger charge is 2.32. The topological polar surface area (TPSA) is 54.5 Å². The van der Waals surface area contributed by atoms with Crippen LogP contribution in [0.15, 0.2) is 18.3 Å². The van der Waals surface area contributed by atoms with Crippen LogP contribution in [0.4, 0.5) is 10.2 Å². The fraction of sp³-hybridized carbons (Fsp3) is 0.538. The maximum atomic E-state index is 13.7. The second kappa shape index (κ2) is 5.13. The molecule has 2 heterocycles. The Bertz CT molecular complexity index is 479. The third-order valence-electron chi connectivity index (χ3n) is 3.32.